The van der Waals surface area contributed by atoms with Gasteiger partial charge in [0.15, 0.2) is 0 Å². The summed E-state index contributed by atoms with van der Waals surface area (Å²) >= 11 is 0. The Morgan fingerprint density at radius 2 is 2.00 bits per heavy atom. The van der Waals surface area contributed by atoms with Crippen LogP contribution in [0.1, 0.15) is 5.56 Å². The van der Waals surface area contributed by atoms with Crippen LogP contribution in [0, 0.1) is 0 Å². The first kappa shape index (κ1) is 9.71. The first-order chi connectivity index (χ1) is 7.29. The number of benzene rings is 1. The van der Waals surface area contributed by atoms with Gasteiger partial charge in [0.25, 0.3) is 0 Å². The maximum Gasteiger partial charge on any atom is 0.324 e. The summed E-state index contributed by atoms with van der Waals surface area (Å²) < 4.78 is 5.05. The van der Waals surface area contributed by atoms with Gasteiger partial charge in [-0.05, 0) is 5.56 Å². The number of ether oxygens (including phenoxy) is 1. The van der Waals surface area contributed by atoms with E-state index in [4.69, 9.17) is 4.74 Å². The summed E-state index contributed by atoms with van der Waals surface area (Å²) in [6.07, 6.45) is 5.28. The molecule has 0 radical (unpaired) electrons. The standard InChI is InChI=1S/C13H12O2/c1-2-10-15-12(14)13(8-9-13)11-6-4-3-5-7-11/h2-9H,1,10H2. The van der Waals surface area contributed by atoms with E-state index < -0.39 is 5.41 Å². The minimum Gasteiger partial charge on any atom is -0.460 e. The third-order valence-corrected chi connectivity index (χ3v) is 2.42. The van der Waals surface area contributed by atoms with Crippen molar-refractivity contribution >= 4 is 5.97 Å². The molecule has 1 aromatic rings. The highest BCUT2D eigenvalue weighted by atomic mass is 16.5. The lowest BCUT2D eigenvalue weighted by Gasteiger charge is -2.14. The molecule has 0 fully saturated rings. The molecule has 1 aromatic carbocycles. The van der Waals surface area contributed by atoms with Crippen LogP contribution in [0.25, 0.3) is 0 Å². The Balaban J connectivity index is 2.14. The summed E-state index contributed by atoms with van der Waals surface area (Å²) in [4.78, 5) is 11.8. The molecule has 0 aliphatic heterocycles. The molecule has 76 valence electrons. The van der Waals surface area contributed by atoms with Gasteiger partial charge in [-0.15, -0.1) is 0 Å². The molecule has 0 unspecified atom stereocenters. The number of rotatable bonds is 4. The van der Waals surface area contributed by atoms with E-state index in [0.29, 0.717) is 0 Å². The molecule has 1 aliphatic rings. The Morgan fingerprint density at radius 3 is 2.53 bits per heavy atom. The quantitative estimate of drug-likeness (QED) is 0.550. The average Bonchev–Trinajstić information content (AvgIpc) is 3.08. The van der Waals surface area contributed by atoms with Crippen molar-refractivity contribution < 1.29 is 9.53 Å². The first-order valence-electron chi connectivity index (χ1n) is 4.83. The van der Waals surface area contributed by atoms with Crippen molar-refractivity contribution in [3.05, 3.63) is 60.7 Å². The van der Waals surface area contributed by atoms with E-state index in [1.807, 2.05) is 42.5 Å². The van der Waals surface area contributed by atoms with Gasteiger partial charge < -0.3 is 4.74 Å². The molecule has 0 saturated heterocycles. The summed E-state index contributed by atoms with van der Waals surface area (Å²) in [5.41, 5.74) is 0.351. The Hall–Kier alpha value is -1.83. The second-order valence-electron chi connectivity index (χ2n) is 3.46. The normalized spacial score (nSPS) is 15.7. The van der Waals surface area contributed by atoms with Crippen LogP contribution in [0.2, 0.25) is 0 Å². The largest absolute Gasteiger partial charge is 0.460 e. The molecule has 0 bridgehead atoms. The molecule has 0 N–H and O–H groups in total. The van der Waals surface area contributed by atoms with E-state index in [0.717, 1.165) is 5.56 Å². The summed E-state index contributed by atoms with van der Waals surface area (Å²) in [5, 5.41) is 0. The molecular weight excluding hydrogens is 188 g/mol. The Bertz CT molecular complexity index is 398. The third-order valence-electron chi connectivity index (χ3n) is 2.42. The topological polar surface area (TPSA) is 26.3 Å². The highest BCUT2D eigenvalue weighted by Gasteiger charge is 2.45. The van der Waals surface area contributed by atoms with Crippen LogP contribution in [0.15, 0.2) is 55.1 Å². The number of carbonyl (C=O) groups is 1. The van der Waals surface area contributed by atoms with E-state index in [1.165, 1.54) is 0 Å². The average molecular weight is 200 g/mol. The maximum absolute atomic E-state index is 11.8. The van der Waals surface area contributed by atoms with Crippen LogP contribution < -0.4 is 0 Å². The maximum atomic E-state index is 11.8. The predicted molar refractivity (Wildman–Crippen MR) is 58.4 cm³/mol. The zero-order valence-electron chi connectivity index (χ0n) is 8.35. The zero-order valence-corrected chi connectivity index (χ0v) is 8.35. The van der Waals surface area contributed by atoms with Gasteiger partial charge in [0.2, 0.25) is 0 Å². The highest BCUT2D eigenvalue weighted by molar-refractivity contribution is 5.93. The molecule has 0 spiro atoms. The first-order valence-corrected chi connectivity index (χ1v) is 4.83. The van der Waals surface area contributed by atoms with Crippen LogP contribution >= 0.6 is 0 Å². The van der Waals surface area contributed by atoms with Gasteiger partial charge in [-0.25, -0.2) is 0 Å². The monoisotopic (exact) mass is 200 g/mol. The minimum atomic E-state index is -0.607. The molecule has 0 saturated carbocycles. The molecule has 2 nitrogen and oxygen atoms in total. The van der Waals surface area contributed by atoms with Gasteiger partial charge in [0.05, 0.1) is 0 Å². The van der Waals surface area contributed by atoms with E-state index in [9.17, 15) is 4.79 Å². The smallest absolute Gasteiger partial charge is 0.324 e. The number of hydrogen-bond acceptors (Lipinski definition) is 2. The second kappa shape index (κ2) is 3.73. The van der Waals surface area contributed by atoms with E-state index in [1.54, 1.807) is 6.08 Å². The molecule has 1 aliphatic carbocycles. The molecule has 2 heteroatoms. The lowest BCUT2D eigenvalue weighted by Crippen LogP contribution is -2.24. The van der Waals surface area contributed by atoms with Crippen molar-refractivity contribution in [2.75, 3.05) is 6.61 Å². The number of carbonyl (C=O) groups excluding carboxylic acids is 1. The van der Waals surface area contributed by atoms with Crippen molar-refractivity contribution in [2.24, 2.45) is 0 Å². The Kier molecular flexibility index (Phi) is 2.42. The lowest BCUT2D eigenvalue weighted by molar-refractivity contribution is -0.144. The summed E-state index contributed by atoms with van der Waals surface area (Å²) in [7, 11) is 0. The Morgan fingerprint density at radius 1 is 1.33 bits per heavy atom. The molecule has 0 heterocycles. The molecule has 2 rings (SSSR count). The molecule has 0 atom stereocenters. The predicted octanol–water partition coefficient (Wildman–Crippen LogP) is 2.22. The van der Waals surface area contributed by atoms with Crippen molar-refractivity contribution in [3.63, 3.8) is 0 Å². The minimum absolute atomic E-state index is 0.228. The second-order valence-corrected chi connectivity index (χ2v) is 3.46. The van der Waals surface area contributed by atoms with Gasteiger partial charge in [0.1, 0.15) is 12.0 Å². The highest BCUT2D eigenvalue weighted by Crippen LogP contribution is 2.39. The molecule has 0 aromatic heterocycles. The fourth-order valence-corrected chi connectivity index (χ4v) is 1.50. The van der Waals surface area contributed by atoms with E-state index in [-0.39, 0.29) is 12.6 Å². The van der Waals surface area contributed by atoms with Crippen molar-refractivity contribution in [1.29, 1.82) is 0 Å². The molecular formula is C13H12O2. The van der Waals surface area contributed by atoms with Gasteiger partial charge in [-0.2, -0.15) is 0 Å². The van der Waals surface area contributed by atoms with Gasteiger partial charge in [-0.3, -0.25) is 4.79 Å². The lowest BCUT2D eigenvalue weighted by atomic mass is 9.94. The van der Waals surface area contributed by atoms with Gasteiger partial charge >= 0.3 is 5.97 Å². The fraction of sp³-hybridized carbons (Fsp3) is 0.154. The molecule has 15 heavy (non-hydrogen) atoms. The van der Waals surface area contributed by atoms with Crippen LogP contribution in [-0.4, -0.2) is 12.6 Å². The van der Waals surface area contributed by atoms with Crippen molar-refractivity contribution in [3.8, 4) is 0 Å². The SMILES string of the molecule is C=CCOC(=O)C1(c2ccccc2)C=C1. The fourth-order valence-electron chi connectivity index (χ4n) is 1.50. The Labute approximate surface area is 88.9 Å². The van der Waals surface area contributed by atoms with E-state index in [2.05, 4.69) is 6.58 Å². The van der Waals surface area contributed by atoms with Crippen LogP contribution in [0.3, 0.4) is 0 Å². The third kappa shape index (κ3) is 1.71. The summed E-state index contributed by atoms with van der Waals surface area (Å²) in [5.74, 6) is -0.228. The summed E-state index contributed by atoms with van der Waals surface area (Å²) in [6.45, 7) is 3.77. The van der Waals surface area contributed by atoms with Gasteiger partial charge in [-0.1, -0.05) is 55.1 Å². The van der Waals surface area contributed by atoms with Crippen LogP contribution in [-0.2, 0) is 14.9 Å². The number of hydrogen-bond donors (Lipinski definition) is 0. The van der Waals surface area contributed by atoms with Crippen LogP contribution in [0.4, 0.5) is 0 Å². The molecule has 0 amide bonds. The zero-order chi connectivity index (χ0) is 10.7. The van der Waals surface area contributed by atoms with E-state index >= 15 is 0 Å². The number of esters is 1. The van der Waals surface area contributed by atoms with Crippen LogP contribution in [0.5, 0.6) is 0 Å². The van der Waals surface area contributed by atoms with Crippen molar-refractivity contribution in [1.82, 2.24) is 0 Å². The van der Waals surface area contributed by atoms with Gasteiger partial charge in [0, 0.05) is 0 Å². The summed E-state index contributed by atoms with van der Waals surface area (Å²) in [6, 6.07) is 9.61. The van der Waals surface area contributed by atoms with Crippen molar-refractivity contribution in [2.45, 2.75) is 5.41 Å².